The number of benzene rings is 2. The van der Waals surface area contributed by atoms with Crippen LogP contribution in [0.1, 0.15) is 39.9 Å². The number of hydrogen-bond acceptors (Lipinski definition) is 6. The van der Waals surface area contributed by atoms with E-state index < -0.39 is 43.1 Å². The molecule has 2 aliphatic heterocycles. The summed E-state index contributed by atoms with van der Waals surface area (Å²) in [5.41, 5.74) is -2.34. The van der Waals surface area contributed by atoms with Gasteiger partial charge in [0.25, 0.3) is 11.5 Å². The zero-order valence-electron chi connectivity index (χ0n) is 19.2. The van der Waals surface area contributed by atoms with E-state index >= 15 is 0 Å². The zero-order chi connectivity index (χ0) is 27.9. The van der Waals surface area contributed by atoms with Gasteiger partial charge in [-0.05, 0) is 53.5 Å². The maximum Gasteiger partial charge on any atom is 0.435 e. The molecule has 0 spiro atoms. The average molecular weight is 584 g/mol. The molecule has 1 N–H and O–H groups in total. The second-order valence-electron chi connectivity index (χ2n) is 8.48. The molecule has 7 nitrogen and oxygen atoms in total. The number of amides is 1. The highest BCUT2D eigenvalue weighted by atomic mass is 35.5. The number of halogens is 8. The lowest BCUT2D eigenvalue weighted by atomic mass is 9.86. The minimum absolute atomic E-state index is 0.00457. The minimum atomic E-state index is -4.87. The highest BCUT2D eigenvalue weighted by Gasteiger charge is 2.62. The Morgan fingerprint density at radius 1 is 1.11 bits per heavy atom. The summed E-state index contributed by atoms with van der Waals surface area (Å²) < 4.78 is 83.9. The Hall–Kier alpha value is -3.19. The van der Waals surface area contributed by atoms with Crippen molar-refractivity contribution in [1.82, 2.24) is 5.32 Å². The number of hydrogen-bond donors (Lipinski definition) is 1. The van der Waals surface area contributed by atoms with E-state index in [2.05, 4.69) is 20.4 Å². The molecule has 0 aromatic heterocycles. The van der Waals surface area contributed by atoms with Gasteiger partial charge < -0.3 is 19.7 Å². The monoisotopic (exact) mass is 583 g/mol. The molecule has 0 bridgehead atoms. The third-order valence-corrected chi connectivity index (χ3v) is 6.09. The van der Waals surface area contributed by atoms with Gasteiger partial charge in [0.05, 0.1) is 12.1 Å². The van der Waals surface area contributed by atoms with E-state index in [4.69, 9.17) is 32.9 Å². The number of alkyl halides is 6. The molecule has 1 unspecified atom stereocenters. The van der Waals surface area contributed by atoms with Crippen LogP contribution in [0.25, 0.3) is 0 Å². The minimum Gasteiger partial charge on any atom is -0.469 e. The first-order valence-corrected chi connectivity index (χ1v) is 11.5. The summed E-state index contributed by atoms with van der Waals surface area (Å²) in [6.45, 7) is -0.00356. The van der Waals surface area contributed by atoms with Gasteiger partial charge in [-0.2, -0.15) is 26.3 Å². The Balaban J connectivity index is 1.46. The van der Waals surface area contributed by atoms with Crippen molar-refractivity contribution in [2.45, 2.75) is 43.9 Å². The number of ether oxygens (including phenoxy) is 1. The van der Waals surface area contributed by atoms with Gasteiger partial charge in [0.1, 0.15) is 0 Å². The first kappa shape index (κ1) is 27.8. The van der Waals surface area contributed by atoms with E-state index in [1.807, 2.05) is 0 Å². The van der Waals surface area contributed by atoms with Crippen molar-refractivity contribution in [2.24, 2.45) is 10.3 Å². The van der Waals surface area contributed by atoms with Gasteiger partial charge in [0.2, 0.25) is 12.1 Å². The van der Waals surface area contributed by atoms with Gasteiger partial charge in [0, 0.05) is 27.6 Å². The normalized spacial score (nSPS) is 21.3. The molecule has 0 saturated heterocycles. The average Bonchev–Trinajstić information content (AvgIpc) is 3.44. The summed E-state index contributed by atoms with van der Waals surface area (Å²) in [7, 11) is 0. The largest absolute Gasteiger partial charge is 0.469 e. The quantitative estimate of drug-likeness (QED) is 0.422. The Kier molecular flexibility index (Phi) is 7.45. The van der Waals surface area contributed by atoms with Crippen molar-refractivity contribution in [1.29, 1.82) is 0 Å². The van der Waals surface area contributed by atoms with Gasteiger partial charge in [-0.1, -0.05) is 34.4 Å². The van der Waals surface area contributed by atoms with Gasteiger partial charge in [-0.15, -0.1) is 0 Å². The zero-order valence-corrected chi connectivity index (χ0v) is 20.7. The summed E-state index contributed by atoms with van der Waals surface area (Å²) in [4.78, 5) is 22.5. The summed E-state index contributed by atoms with van der Waals surface area (Å²) in [6.07, 6.45) is -11.4. The van der Waals surface area contributed by atoms with Gasteiger partial charge >= 0.3 is 12.4 Å². The molecule has 0 aliphatic carbocycles. The first-order chi connectivity index (χ1) is 17.7. The van der Waals surface area contributed by atoms with E-state index in [-0.39, 0.29) is 44.8 Å². The Labute approximate surface area is 221 Å². The molecule has 2 atom stereocenters. The molecule has 204 valence electrons. The molecule has 0 radical (unpaired) electrons. The van der Waals surface area contributed by atoms with Crippen LogP contribution in [-0.4, -0.2) is 42.7 Å². The van der Waals surface area contributed by atoms with Crippen LogP contribution in [0.5, 0.6) is 0 Å². The standard InChI is InChI=1S/C23H17Cl2F6N3O4/c1-11-4-12(2-3-16(11)20(35)32-18-8-19(34-37-18)36-10-22(26,27)28)17-9-21(38-33-17,23(29,30)31)13-5-14(24)7-15(25)6-13/h2-7,18H,8-10H2,1H3,(H,32,35)/t18-,21?/m1/s1. The molecular formula is C23H17Cl2F6N3O4. The maximum atomic E-state index is 14.2. The van der Waals surface area contributed by atoms with Crippen molar-refractivity contribution < 1.29 is 45.5 Å². The van der Waals surface area contributed by atoms with Crippen LogP contribution < -0.4 is 5.32 Å². The topological polar surface area (TPSA) is 81.5 Å². The van der Waals surface area contributed by atoms with E-state index in [1.165, 1.54) is 24.3 Å². The molecule has 2 aliphatic rings. The highest BCUT2D eigenvalue weighted by Crippen LogP contribution is 2.49. The number of oxime groups is 2. The van der Waals surface area contributed by atoms with Crippen molar-refractivity contribution in [2.75, 3.05) is 6.61 Å². The third kappa shape index (κ3) is 5.93. The molecule has 1 amide bonds. The number of carbonyl (C=O) groups is 1. The third-order valence-electron chi connectivity index (χ3n) is 5.66. The molecule has 4 rings (SSSR count). The lowest BCUT2D eigenvalue weighted by Gasteiger charge is -2.29. The fraction of sp³-hybridized carbons (Fsp3) is 0.348. The molecule has 0 fully saturated rings. The van der Waals surface area contributed by atoms with E-state index in [0.29, 0.717) is 5.56 Å². The van der Waals surface area contributed by atoms with Crippen LogP contribution in [0.15, 0.2) is 46.7 Å². The van der Waals surface area contributed by atoms with Gasteiger partial charge in [-0.3, -0.25) is 4.79 Å². The molecule has 2 aromatic rings. The number of aryl methyl sites for hydroxylation is 1. The summed E-state index contributed by atoms with van der Waals surface area (Å²) in [5.74, 6) is -0.970. The maximum absolute atomic E-state index is 14.2. The summed E-state index contributed by atoms with van der Waals surface area (Å²) in [5, 5.41) is 9.49. The van der Waals surface area contributed by atoms with Crippen LogP contribution in [0.3, 0.4) is 0 Å². The van der Waals surface area contributed by atoms with Crippen molar-refractivity contribution >= 4 is 40.7 Å². The SMILES string of the molecule is Cc1cc(C2=NOC(c3cc(Cl)cc(Cl)c3)(C(F)(F)F)C2)ccc1C(=O)N[C@H]1CC(OCC(F)(F)F)=NO1. The van der Waals surface area contributed by atoms with Crippen LogP contribution in [0.2, 0.25) is 10.0 Å². The molecule has 2 heterocycles. The fourth-order valence-electron chi connectivity index (χ4n) is 3.85. The first-order valence-electron chi connectivity index (χ1n) is 10.8. The lowest BCUT2D eigenvalue weighted by Crippen LogP contribution is -2.42. The molecule has 15 heteroatoms. The van der Waals surface area contributed by atoms with Crippen LogP contribution >= 0.6 is 23.2 Å². The van der Waals surface area contributed by atoms with Crippen molar-refractivity contribution in [3.05, 3.63) is 68.7 Å². The summed E-state index contributed by atoms with van der Waals surface area (Å²) >= 11 is 11.8. The second kappa shape index (κ2) is 10.2. The van der Waals surface area contributed by atoms with Crippen molar-refractivity contribution in [3.8, 4) is 0 Å². The number of nitrogens with one attached hydrogen (secondary N) is 1. The fourth-order valence-corrected chi connectivity index (χ4v) is 4.38. The van der Waals surface area contributed by atoms with E-state index in [9.17, 15) is 31.1 Å². The van der Waals surface area contributed by atoms with Gasteiger partial charge in [-0.25, -0.2) is 0 Å². The predicted octanol–water partition coefficient (Wildman–Crippen LogP) is 6.25. The van der Waals surface area contributed by atoms with Gasteiger partial charge in [0.15, 0.2) is 6.61 Å². The number of nitrogens with zero attached hydrogens (tertiary/aromatic N) is 2. The Bertz CT molecular complexity index is 1290. The molecule has 2 aromatic carbocycles. The van der Waals surface area contributed by atoms with Crippen LogP contribution in [0, 0.1) is 6.92 Å². The predicted molar refractivity (Wildman–Crippen MR) is 124 cm³/mol. The van der Waals surface area contributed by atoms with Crippen molar-refractivity contribution in [3.63, 3.8) is 0 Å². The number of carbonyl (C=O) groups excluding carboxylic acids is 1. The van der Waals surface area contributed by atoms with Crippen LogP contribution in [0.4, 0.5) is 26.3 Å². The highest BCUT2D eigenvalue weighted by molar-refractivity contribution is 6.34. The second-order valence-corrected chi connectivity index (χ2v) is 9.35. The molecule has 38 heavy (non-hydrogen) atoms. The smallest absolute Gasteiger partial charge is 0.435 e. The summed E-state index contributed by atoms with van der Waals surface area (Å²) in [6, 6.07) is 7.71. The Morgan fingerprint density at radius 3 is 2.39 bits per heavy atom. The van der Waals surface area contributed by atoms with Crippen LogP contribution in [-0.2, 0) is 20.0 Å². The Morgan fingerprint density at radius 2 is 1.79 bits per heavy atom. The molecular weight excluding hydrogens is 567 g/mol. The lowest BCUT2D eigenvalue weighted by molar-refractivity contribution is -0.275. The molecule has 0 saturated carbocycles. The van der Waals surface area contributed by atoms with E-state index in [1.54, 1.807) is 6.92 Å². The van der Waals surface area contributed by atoms with E-state index in [0.717, 1.165) is 12.1 Å². The number of rotatable bonds is 5.